The fourth-order valence-electron chi connectivity index (χ4n) is 3.44. The number of aliphatic imine (C=N–C) groups is 1. The van der Waals surface area contributed by atoms with Crippen molar-refractivity contribution in [3.63, 3.8) is 0 Å². The number of aryl methyl sites for hydroxylation is 1. The number of aromatic nitrogens is 1. The Morgan fingerprint density at radius 1 is 1.25 bits per heavy atom. The predicted molar refractivity (Wildman–Crippen MR) is 113 cm³/mol. The Morgan fingerprint density at radius 2 is 2.00 bits per heavy atom. The van der Waals surface area contributed by atoms with Crippen molar-refractivity contribution < 1.29 is 0 Å². The topological polar surface area (TPSA) is 49.3 Å². The van der Waals surface area contributed by atoms with Gasteiger partial charge in [0.05, 0.1) is 0 Å². The molecule has 24 heavy (non-hydrogen) atoms. The molecule has 0 unspecified atom stereocenters. The summed E-state index contributed by atoms with van der Waals surface area (Å²) in [6, 6.07) is 2.10. The number of hydrogen-bond donors (Lipinski definition) is 2. The van der Waals surface area contributed by atoms with Crippen molar-refractivity contribution in [1.29, 1.82) is 0 Å². The van der Waals surface area contributed by atoms with E-state index in [0.29, 0.717) is 5.41 Å². The van der Waals surface area contributed by atoms with Crippen molar-refractivity contribution in [2.24, 2.45) is 10.4 Å². The van der Waals surface area contributed by atoms with Crippen molar-refractivity contribution in [3.8, 4) is 0 Å². The molecule has 0 amide bonds. The summed E-state index contributed by atoms with van der Waals surface area (Å²) in [5.41, 5.74) is 3.06. The molecule has 1 saturated carbocycles. The largest absolute Gasteiger partial charge is 0.357 e. The van der Waals surface area contributed by atoms with Crippen LogP contribution in [0.25, 0.3) is 0 Å². The van der Waals surface area contributed by atoms with Gasteiger partial charge in [-0.1, -0.05) is 19.8 Å². The summed E-state index contributed by atoms with van der Waals surface area (Å²) in [7, 11) is 0. The van der Waals surface area contributed by atoms with E-state index < -0.39 is 0 Å². The van der Waals surface area contributed by atoms with Gasteiger partial charge in [-0.15, -0.1) is 24.0 Å². The number of guanidine groups is 1. The molecule has 0 aromatic carbocycles. The van der Waals surface area contributed by atoms with Crippen LogP contribution < -0.4 is 10.6 Å². The molecule has 2 N–H and O–H groups in total. The van der Waals surface area contributed by atoms with E-state index in [1.165, 1.54) is 43.2 Å². The summed E-state index contributed by atoms with van der Waals surface area (Å²) in [5, 5.41) is 6.86. The third-order valence-corrected chi connectivity index (χ3v) is 5.15. The maximum absolute atomic E-state index is 4.87. The molecule has 4 nitrogen and oxygen atoms in total. The second-order valence-electron chi connectivity index (χ2n) is 6.73. The van der Waals surface area contributed by atoms with E-state index in [4.69, 9.17) is 4.99 Å². The zero-order valence-corrected chi connectivity index (χ0v) is 17.7. The van der Waals surface area contributed by atoms with Gasteiger partial charge in [0.2, 0.25) is 0 Å². The van der Waals surface area contributed by atoms with Gasteiger partial charge in [0.25, 0.3) is 0 Å². The van der Waals surface area contributed by atoms with E-state index in [9.17, 15) is 0 Å². The lowest BCUT2D eigenvalue weighted by Crippen LogP contribution is -2.39. The van der Waals surface area contributed by atoms with E-state index in [1.54, 1.807) is 0 Å². The monoisotopic (exact) mass is 444 g/mol. The molecule has 1 aliphatic carbocycles. The number of pyridine rings is 1. The lowest BCUT2D eigenvalue weighted by atomic mass is 9.84. The summed E-state index contributed by atoms with van der Waals surface area (Å²) in [4.78, 5) is 9.03. The van der Waals surface area contributed by atoms with Gasteiger partial charge >= 0.3 is 0 Å². The van der Waals surface area contributed by atoms with Crippen molar-refractivity contribution in [3.05, 3.63) is 29.6 Å². The Kier molecular flexibility index (Phi) is 9.63. The highest BCUT2D eigenvalue weighted by Crippen LogP contribution is 2.41. The fraction of sp³-hybridized carbons (Fsp3) is 0.684. The highest BCUT2D eigenvalue weighted by atomic mass is 127. The van der Waals surface area contributed by atoms with Gasteiger partial charge < -0.3 is 10.6 Å². The molecule has 1 fully saturated rings. The van der Waals surface area contributed by atoms with Crippen LogP contribution in [0.1, 0.15) is 57.1 Å². The van der Waals surface area contributed by atoms with Crippen LogP contribution in [-0.2, 0) is 6.42 Å². The van der Waals surface area contributed by atoms with Crippen LogP contribution in [0.2, 0.25) is 0 Å². The van der Waals surface area contributed by atoms with E-state index in [2.05, 4.69) is 42.5 Å². The minimum atomic E-state index is 0. The van der Waals surface area contributed by atoms with Crippen LogP contribution in [0, 0.1) is 12.3 Å². The predicted octanol–water partition coefficient (Wildman–Crippen LogP) is 4.08. The van der Waals surface area contributed by atoms with Gasteiger partial charge in [-0.3, -0.25) is 9.98 Å². The Morgan fingerprint density at radius 3 is 2.62 bits per heavy atom. The van der Waals surface area contributed by atoms with Gasteiger partial charge in [-0.05, 0) is 62.1 Å². The lowest BCUT2D eigenvalue weighted by molar-refractivity contribution is 0.297. The van der Waals surface area contributed by atoms with Gasteiger partial charge in [-0.25, -0.2) is 0 Å². The van der Waals surface area contributed by atoms with Gasteiger partial charge in [0.15, 0.2) is 5.96 Å². The minimum absolute atomic E-state index is 0. The Labute approximate surface area is 164 Å². The third-order valence-electron chi connectivity index (χ3n) is 5.15. The van der Waals surface area contributed by atoms with Crippen molar-refractivity contribution in [2.45, 2.75) is 59.3 Å². The second-order valence-corrected chi connectivity index (χ2v) is 6.73. The molecule has 5 heteroatoms. The van der Waals surface area contributed by atoms with Crippen LogP contribution in [-0.4, -0.2) is 30.6 Å². The first-order chi connectivity index (χ1) is 11.2. The number of halogens is 1. The third kappa shape index (κ3) is 6.22. The minimum Gasteiger partial charge on any atom is -0.357 e. The first-order valence-electron chi connectivity index (χ1n) is 9.11. The van der Waals surface area contributed by atoms with Crippen LogP contribution in [0.5, 0.6) is 0 Å². The molecule has 136 valence electrons. The van der Waals surface area contributed by atoms with Gasteiger partial charge in [0, 0.05) is 32.0 Å². The normalized spacial score (nSPS) is 16.5. The molecule has 1 aliphatic rings. The Hall–Kier alpha value is -0.850. The average Bonchev–Trinajstić information content (AvgIpc) is 3.04. The Bertz CT molecular complexity index is 510. The van der Waals surface area contributed by atoms with E-state index in [-0.39, 0.29) is 24.0 Å². The molecule has 2 rings (SSSR count). The maximum atomic E-state index is 4.87. The average molecular weight is 444 g/mol. The highest BCUT2D eigenvalue weighted by Gasteiger charge is 2.31. The first-order valence-corrected chi connectivity index (χ1v) is 9.11. The van der Waals surface area contributed by atoms with Gasteiger partial charge in [-0.2, -0.15) is 0 Å². The van der Waals surface area contributed by atoms with Crippen LogP contribution in [0.3, 0.4) is 0 Å². The molecule has 1 heterocycles. The maximum Gasteiger partial charge on any atom is 0.191 e. The highest BCUT2D eigenvalue weighted by molar-refractivity contribution is 14.0. The molecule has 0 radical (unpaired) electrons. The van der Waals surface area contributed by atoms with E-state index >= 15 is 0 Å². The summed E-state index contributed by atoms with van der Waals surface area (Å²) < 4.78 is 0. The molecule has 0 saturated heterocycles. The molecule has 1 aromatic heterocycles. The number of hydrogen-bond acceptors (Lipinski definition) is 2. The second kappa shape index (κ2) is 10.9. The van der Waals surface area contributed by atoms with Crippen molar-refractivity contribution >= 4 is 29.9 Å². The fourth-order valence-corrected chi connectivity index (χ4v) is 3.44. The number of rotatable bonds is 7. The first kappa shape index (κ1) is 21.2. The SMILES string of the molecule is CCNC(=NCC1(CC)CCCC1)NCCc1ccncc1C.I. The zero-order valence-electron chi connectivity index (χ0n) is 15.4. The summed E-state index contributed by atoms with van der Waals surface area (Å²) >= 11 is 0. The summed E-state index contributed by atoms with van der Waals surface area (Å²) in [6.07, 6.45) is 11.4. The van der Waals surface area contributed by atoms with E-state index in [1.807, 2.05) is 12.4 Å². The molecule has 1 aromatic rings. The molecular weight excluding hydrogens is 411 g/mol. The van der Waals surface area contributed by atoms with Crippen LogP contribution >= 0.6 is 24.0 Å². The van der Waals surface area contributed by atoms with Gasteiger partial charge in [0.1, 0.15) is 0 Å². The number of nitrogens with zero attached hydrogens (tertiary/aromatic N) is 2. The molecular formula is C19H33IN4. The van der Waals surface area contributed by atoms with Crippen LogP contribution in [0.15, 0.2) is 23.5 Å². The number of nitrogens with one attached hydrogen (secondary N) is 2. The lowest BCUT2D eigenvalue weighted by Gasteiger charge is -2.25. The van der Waals surface area contributed by atoms with E-state index in [0.717, 1.165) is 32.0 Å². The molecule has 0 atom stereocenters. The quantitative estimate of drug-likeness (QED) is 0.379. The molecule has 0 bridgehead atoms. The van der Waals surface area contributed by atoms with Crippen LogP contribution in [0.4, 0.5) is 0 Å². The van der Waals surface area contributed by atoms with Crippen molar-refractivity contribution in [1.82, 2.24) is 15.6 Å². The Balaban J connectivity index is 0.00000288. The molecule has 0 aliphatic heterocycles. The zero-order chi connectivity index (χ0) is 16.5. The summed E-state index contributed by atoms with van der Waals surface area (Å²) in [6.45, 7) is 9.30. The van der Waals surface area contributed by atoms with Crippen molar-refractivity contribution in [2.75, 3.05) is 19.6 Å². The smallest absolute Gasteiger partial charge is 0.191 e. The standard InChI is InChI=1S/C19H32N4.HI/c1-4-19(10-6-7-11-19)15-23-18(21-5-2)22-13-9-17-8-12-20-14-16(17)3;/h8,12,14H,4-7,9-11,13,15H2,1-3H3,(H2,21,22,23);1H. The summed E-state index contributed by atoms with van der Waals surface area (Å²) in [5.74, 6) is 0.957. The molecule has 0 spiro atoms.